The number of esters is 1. The zero-order chi connectivity index (χ0) is 13.8. The number of nitrogens with two attached hydrogens (primary N) is 1. The molecule has 1 amide bonds. The van der Waals surface area contributed by atoms with E-state index < -0.39 is 5.97 Å². The van der Waals surface area contributed by atoms with Gasteiger partial charge in [-0.15, -0.1) is 22.7 Å². The average molecular weight is 296 g/mol. The van der Waals surface area contributed by atoms with E-state index in [1.54, 1.807) is 29.8 Å². The van der Waals surface area contributed by atoms with Crippen LogP contribution in [0.1, 0.15) is 27.0 Å². The van der Waals surface area contributed by atoms with Crippen molar-refractivity contribution in [3.05, 3.63) is 33.3 Å². The average Bonchev–Trinajstić information content (AvgIpc) is 2.98. The van der Waals surface area contributed by atoms with Crippen LogP contribution in [0.3, 0.4) is 0 Å². The summed E-state index contributed by atoms with van der Waals surface area (Å²) in [5.74, 6) is -0.765. The molecule has 5 nitrogen and oxygen atoms in total. The summed E-state index contributed by atoms with van der Waals surface area (Å²) in [6.07, 6.45) is 0. The van der Waals surface area contributed by atoms with Crippen LogP contribution in [0, 0.1) is 0 Å². The first-order valence-corrected chi connectivity index (χ1v) is 7.28. The van der Waals surface area contributed by atoms with E-state index in [9.17, 15) is 9.59 Å². The van der Waals surface area contributed by atoms with Crippen LogP contribution in [-0.4, -0.2) is 18.5 Å². The lowest BCUT2D eigenvalue weighted by Gasteiger charge is -2.05. The zero-order valence-corrected chi connectivity index (χ0v) is 11.8. The van der Waals surface area contributed by atoms with Gasteiger partial charge in [0.25, 0.3) is 5.91 Å². The SMILES string of the molecule is CCOC(=O)c1ccsc1NC(=O)c1sccc1N. The van der Waals surface area contributed by atoms with Crippen LogP contribution in [0.25, 0.3) is 0 Å². The van der Waals surface area contributed by atoms with Crippen LogP contribution in [0.4, 0.5) is 10.7 Å². The second-order valence-corrected chi connectivity index (χ2v) is 5.38. The number of nitrogen functional groups attached to an aromatic ring is 1. The summed E-state index contributed by atoms with van der Waals surface area (Å²) >= 11 is 2.52. The number of nitrogens with one attached hydrogen (secondary N) is 1. The van der Waals surface area contributed by atoms with Gasteiger partial charge in [0.05, 0.1) is 17.9 Å². The van der Waals surface area contributed by atoms with E-state index in [4.69, 9.17) is 10.5 Å². The third kappa shape index (κ3) is 2.94. The van der Waals surface area contributed by atoms with Crippen molar-refractivity contribution in [2.75, 3.05) is 17.7 Å². The van der Waals surface area contributed by atoms with Gasteiger partial charge in [0.15, 0.2) is 0 Å². The number of thiophene rings is 2. The van der Waals surface area contributed by atoms with Crippen molar-refractivity contribution in [2.45, 2.75) is 6.92 Å². The number of hydrogen-bond acceptors (Lipinski definition) is 6. The second kappa shape index (κ2) is 5.85. The quantitative estimate of drug-likeness (QED) is 0.850. The first kappa shape index (κ1) is 13.6. The van der Waals surface area contributed by atoms with Crippen LogP contribution in [0.5, 0.6) is 0 Å². The summed E-state index contributed by atoms with van der Waals surface area (Å²) < 4.78 is 4.92. The van der Waals surface area contributed by atoms with Crippen molar-refractivity contribution in [3.8, 4) is 0 Å². The molecule has 3 N–H and O–H groups in total. The highest BCUT2D eigenvalue weighted by Gasteiger charge is 2.18. The molecule has 0 saturated carbocycles. The lowest BCUT2D eigenvalue weighted by Crippen LogP contribution is -2.14. The predicted octanol–water partition coefficient (Wildman–Crippen LogP) is 2.82. The first-order chi connectivity index (χ1) is 9.13. The van der Waals surface area contributed by atoms with Gasteiger partial charge in [-0.2, -0.15) is 0 Å². The molecule has 0 atom stereocenters. The summed E-state index contributed by atoms with van der Waals surface area (Å²) in [5.41, 5.74) is 6.46. The van der Waals surface area contributed by atoms with E-state index in [0.717, 1.165) is 0 Å². The fraction of sp³-hybridized carbons (Fsp3) is 0.167. The Morgan fingerprint density at radius 3 is 2.68 bits per heavy atom. The van der Waals surface area contributed by atoms with Gasteiger partial charge in [0.2, 0.25) is 0 Å². The maximum atomic E-state index is 12.0. The summed E-state index contributed by atoms with van der Waals surface area (Å²) in [6, 6.07) is 3.29. The van der Waals surface area contributed by atoms with E-state index in [2.05, 4.69) is 5.32 Å². The number of ether oxygens (including phenoxy) is 1. The largest absolute Gasteiger partial charge is 0.462 e. The van der Waals surface area contributed by atoms with Crippen molar-refractivity contribution in [1.82, 2.24) is 0 Å². The molecule has 0 aliphatic rings. The van der Waals surface area contributed by atoms with Crippen molar-refractivity contribution in [2.24, 2.45) is 0 Å². The Hall–Kier alpha value is -1.86. The van der Waals surface area contributed by atoms with Crippen LogP contribution in [0.2, 0.25) is 0 Å². The first-order valence-electron chi connectivity index (χ1n) is 5.52. The number of anilines is 2. The molecule has 0 fully saturated rings. The maximum absolute atomic E-state index is 12.0. The molecule has 100 valence electrons. The Morgan fingerprint density at radius 2 is 2.05 bits per heavy atom. The molecule has 2 aromatic rings. The lowest BCUT2D eigenvalue weighted by molar-refractivity contribution is 0.0528. The molecule has 2 rings (SSSR count). The van der Waals surface area contributed by atoms with Gasteiger partial charge in [0.1, 0.15) is 9.88 Å². The van der Waals surface area contributed by atoms with Gasteiger partial charge in [0, 0.05) is 0 Å². The standard InChI is InChI=1S/C12H12N2O3S2/c1-2-17-12(16)7-3-5-19-11(7)14-10(15)9-8(13)4-6-18-9/h3-6H,2,13H2,1H3,(H,14,15). The highest BCUT2D eigenvalue weighted by molar-refractivity contribution is 7.15. The molecule has 0 saturated heterocycles. The number of rotatable bonds is 4. The molecule has 0 bridgehead atoms. The Labute approximate surface area is 118 Å². The summed E-state index contributed by atoms with van der Waals surface area (Å²) in [4.78, 5) is 24.1. The summed E-state index contributed by atoms with van der Waals surface area (Å²) in [5, 5.41) is 6.61. The lowest BCUT2D eigenvalue weighted by atomic mass is 10.3. The fourth-order valence-corrected chi connectivity index (χ4v) is 2.92. The molecule has 0 aliphatic heterocycles. The van der Waals surface area contributed by atoms with E-state index in [0.29, 0.717) is 27.7 Å². The smallest absolute Gasteiger partial charge is 0.341 e. The Balaban J connectivity index is 2.16. The van der Waals surface area contributed by atoms with Gasteiger partial charge < -0.3 is 15.8 Å². The minimum Gasteiger partial charge on any atom is -0.462 e. The number of carbonyl (C=O) groups excluding carboxylic acids is 2. The van der Waals surface area contributed by atoms with Gasteiger partial charge in [-0.25, -0.2) is 4.79 Å². The third-order valence-electron chi connectivity index (χ3n) is 2.29. The summed E-state index contributed by atoms with van der Waals surface area (Å²) in [6.45, 7) is 2.02. The Bertz CT molecular complexity index is 604. The molecule has 2 aromatic heterocycles. The normalized spacial score (nSPS) is 10.2. The van der Waals surface area contributed by atoms with Gasteiger partial charge in [-0.1, -0.05) is 0 Å². The Kier molecular flexibility index (Phi) is 4.18. The number of amides is 1. The molecule has 0 radical (unpaired) electrons. The van der Waals surface area contributed by atoms with Crippen LogP contribution in [0.15, 0.2) is 22.9 Å². The van der Waals surface area contributed by atoms with E-state index >= 15 is 0 Å². The van der Waals surface area contributed by atoms with Crippen molar-refractivity contribution >= 4 is 45.2 Å². The van der Waals surface area contributed by atoms with Crippen LogP contribution < -0.4 is 11.1 Å². The number of hydrogen-bond donors (Lipinski definition) is 2. The molecule has 7 heteroatoms. The third-order valence-corrected chi connectivity index (χ3v) is 4.05. The van der Waals surface area contributed by atoms with Crippen molar-refractivity contribution in [1.29, 1.82) is 0 Å². The molecule has 0 spiro atoms. The van der Waals surface area contributed by atoms with Crippen LogP contribution in [-0.2, 0) is 4.74 Å². The molecular weight excluding hydrogens is 284 g/mol. The second-order valence-electron chi connectivity index (χ2n) is 3.54. The van der Waals surface area contributed by atoms with E-state index in [-0.39, 0.29) is 5.91 Å². The van der Waals surface area contributed by atoms with E-state index in [1.807, 2.05) is 0 Å². The monoisotopic (exact) mass is 296 g/mol. The minimum absolute atomic E-state index is 0.292. The van der Waals surface area contributed by atoms with E-state index in [1.165, 1.54) is 22.7 Å². The molecule has 2 heterocycles. The van der Waals surface area contributed by atoms with Gasteiger partial charge in [-0.05, 0) is 29.8 Å². The highest BCUT2D eigenvalue weighted by Crippen LogP contribution is 2.26. The van der Waals surface area contributed by atoms with Crippen LogP contribution >= 0.6 is 22.7 Å². The molecular formula is C12H12N2O3S2. The predicted molar refractivity (Wildman–Crippen MR) is 77.0 cm³/mol. The zero-order valence-electron chi connectivity index (χ0n) is 10.1. The summed E-state index contributed by atoms with van der Waals surface area (Å²) in [7, 11) is 0. The molecule has 0 aliphatic carbocycles. The Morgan fingerprint density at radius 1 is 1.32 bits per heavy atom. The fourth-order valence-electron chi connectivity index (χ4n) is 1.44. The topological polar surface area (TPSA) is 81.4 Å². The molecule has 0 unspecified atom stereocenters. The van der Waals surface area contributed by atoms with Crippen molar-refractivity contribution < 1.29 is 14.3 Å². The van der Waals surface area contributed by atoms with Gasteiger partial charge >= 0.3 is 5.97 Å². The molecule has 19 heavy (non-hydrogen) atoms. The molecule has 0 aromatic carbocycles. The number of carbonyl (C=O) groups is 2. The van der Waals surface area contributed by atoms with Crippen molar-refractivity contribution in [3.63, 3.8) is 0 Å². The minimum atomic E-state index is -0.446. The van der Waals surface area contributed by atoms with Gasteiger partial charge in [-0.3, -0.25) is 4.79 Å². The highest BCUT2D eigenvalue weighted by atomic mass is 32.1. The maximum Gasteiger partial charge on any atom is 0.341 e.